The number of anilines is 1. The third-order valence-electron chi connectivity index (χ3n) is 5.18. The van der Waals surface area contributed by atoms with Crippen LogP contribution in [0.25, 0.3) is 5.69 Å². The first-order valence-corrected chi connectivity index (χ1v) is 9.22. The number of carbonyl (C=O) groups is 1. The van der Waals surface area contributed by atoms with Crippen LogP contribution in [0.3, 0.4) is 0 Å². The van der Waals surface area contributed by atoms with Crippen molar-refractivity contribution in [3.05, 3.63) is 76.5 Å². The molecule has 10 heteroatoms. The number of alkyl halides is 1. The van der Waals surface area contributed by atoms with Crippen molar-refractivity contribution in [1.29, 1.82) is 0 Å². The van der Waals surface area contributed by atoms with E-state index in [-0.39, 0.29) is 42.2 Å². The van der Waals surface area contributed by atoms with Crippen LogP contribution in [0.4, 0.5) is 14.7 Å². The maximum atomic E-state index is 14.2. The van der Waals surface area contributed by atoms with Crippen molar-refractivity contribution in [2.45, 2.75) is 24.4 Å². The fourth-order valence-electron chi connectivity index (χ4n) is 3.61. The fourth-order valence-corrected chi connectivity index (χ4v) is 3.61. The molecule has 3 heterocycles. The van der Waals surface area contributed by atoms with Crippen LogP contribution in [-0.4, -0.2) is 38.1 Å². The van der Waals surface area contributed by atoms with Crippen LogP contribution >= 0.6 is 0 Å². The molecule has 3 aromatic heterocycles. The van der Waals surface area contributed by atoms with Crippen LogP contribution in [0.15, 0.2) is 53.8 Å². The summed E-state index contributed by atoms with van der Waals surface area (Å²) in [6.45, 7) is 0.206. The average Bonchev–Trinajstić information content (AvgIpc) is 2.71. The third kappa shape index (κ3) is 3.63. The van der Waals surface area contributed by atoms with Gasteiger partial charge in [-0.25, -0.2) is 18.7 Å². The number of carbonyl (C=O) groups excluding carboxylic acids is 1. The first-order chi connectivity index (χ1) is 14.4. The monoisotopic (exact) mass is 412 g/mol. The van der Waals surface area contributed by atoms with Crippen LogP contribution < -0.4 is 16.6 Å². The van der Waals surface area contributed by atoms with Gasteiger partial charge in [-0.3, -0.25) is 19.1 Å². The lowest BCUT2D eigenvalue weighted by Crippen LogP contribution is -2.49. The highest BCUT2D eigenvalue weighted by Gasteiger charge is 2.48. The van der Waals surface area contributed by atoms with E-state index in [2.05, 4.69) is 20.3 Å². The van der Waals surface area contributed by atoms with Gasteiger partial charge in [0.15, 0.2) is 0 Å². The predicted molar refractivity (Wildman–Crippen MR) is 105 cm³/mol. The topological polar surface area (TPSA) is 116 Å². The molecule has 0 aromatic carbocycles. The normalized spacial score (nSPS) is 20.4. The molecule has 0 saturated heterocycles. The summed E-state index contributed by atoms with van der Waals surface area (Å²) in [6, 6.07) is 5.35. The Labute approximate surface area is 169 Å². The Morgan fingerprint density at radius 1 is 1.23 bits per heavy atom. The molecular weight excluding hydrogens is 394 g/mol. The molecule has 1 saturated carbocycles. The Hall–Kier alpha value is -3.69. The standard InChI is InChI=1S/C20H18F2N6O2/c21-13-6-20(7-13,17-15(22)2-1-5-24-17)11-27-19-25-8-14(9-26-19)28-10-12(18(23)30)3-4-16(28)29/h1-5,8-10,13H,6-7,11H2,(H2,23,30)(H,25,26,27)/t13-,20-. The highest BCUT2D eigenvalue weighted by Crippen LogP contribution is 2.45. The molecule has 0 spiro atoms. The summed E-state index contributed by atoms with van der Waals surface area (Å²) < 4.78 is 29.1. The Morgan fingerprint density at radius 2 is 1.97 bits per heavy atom. The lowest BCUT2D eigenvalue weighted by Gasteiger charge is -2.43. The number of hydrogen-bond acceptors (Lipinski definition) is 6. The third-order valence-corrected chi connectivity index (χ3v) is 5.18. The summed E-state index contributed by atoms with van der Waals surface area (Å²) in [7, 11) is 0. The molecular formula is C20H18F2N6O2. The van der Waals surface area contributed by atoms with Crippen LogP contribution in [0.5, 0.6) is 0 Å². The van der Waals surface area contributed by atoms with Gasteiger partial charge in [-0.2, -0.15) is 0 Å². The van der Waals surface area contributed by atoms with E-state index in [1.807, 2.05) is 0 Å². The van der Waals surface area contributed by atoms with Crippen LogP contribution in [0.1, 0.15) is 28.9 Å². The van der Waals surface area contributed by atoms with Crippen molar-refractivity contribution in [3.63, 3.8) is 0 Å². The van der Waals surface area contributed by atoms with Crippen molar-refractivity contribution in [1.82, 2.24) is 19.5 Å². The molecule has 3 aromatic rings. The molecule has 3 N–H and O–H groups in total. The smallest absolute Gasteiger partial charge is 0.255 e. The number of pyridine rings is 2. The van der Waals surface area contributed by atoms with E-state index in [9.17, 15) is 18.4 Å². The van der Waals surface area contributed by atoms with Gasteiger partial charge in [-0.1, -0.05) is 0 Å². The van der Waals surface area contributed by atoms with Crippen molar-refractivity contribution < 1.29 is 13.6 Å². The van der Waals surface area contributed by atoms with E-state index >= 15 is 0 Å². The summed E-state index contributed by atoms with van der Waals surface area (Å²) >= 11 is 0. The molecule has 1 amide bonds. The zero-order valence-electron chi connectivity index (χ0n) is 15.8. The molecule has 1 aliphatic rings. The Bertz CT molecular complexity index is 1140. The highest BCUT2D eigenvalue weighted by atomic mass is 19.1. The maximum Gasteiger partial charge on any atom is 0.255 e. The first kappa shape index (κ1) is 19.6. The number of nitrogens with one attached hydrogen (secondary N) is 1. The summed E-state index contributed by atoms with van der Waals surface area (Å²) in [4.78, 5) is 35.8. The number of amides is 1. The van der Waals surface area contributed by atoms with E-state index < -0.39 is 23.3 Å². The van der Waals surface area contributed by atoms with Gasteiger partial charge in [-0.15, -0.1) is 0 Å². The molecule has 4 rings (SSSR count). The molecule has 0 atom stereocenters. The summed E-state index contributed by atoms with van der Waals surface area (Å²) in [5.41, 5.74) is 4.82. The Kier molecular flexibility index (Phi) is 4.98. The molecule has 30 heavy (non-hydrogen) atoms. The van der Waals surface area contributed by atoms with Crippen molar-refractivity contribution in [3.8, 4) is 5.69 Å². The number of rotatable bonds is 6. The quantitative estimate of drug-likeness (QED) is 0.637. The number of nitrogens with zero attached hydrogens (tertiary/aromatic N) is 4. The second-order valence-corrected chi connectivity index (χ2v) is 7.23. The first-order valence-electron chi connectivity index (χ1n) is 9.22. The van der Waals surface area contributed by atoms with Crippen LogP contribution in [-0.2, 0) is 5.41 Å². The van der Waals surface area contributed by atoms with Gasteiger partial charge in [0.2, 0.25) is 11.9 Å². The van der Waals surface area contributed by atoms with Gasteiger partial charge >= 0.3 is 0 Å². The average molecular weight is 412 g/mol. The molecule has 1 fully saturated rings. The number of primary amides is 1. The molecule has 0 aliphatic heterocycles. The van der Waals surface area contributed by atoms with E-state index in [0.717, 1.165) is 0 Å². The molecule has 1 aliphatic carbocycles. The molecule has 0 bridgehead atoms. The summed E-state index contributed by atoms with van der Waals surface area (Å²) in [5.74, 6) is -0.909. The molecule has 0 radical (unpaired) electrons. The molecule has 8 nitrogen and oxygen atoms in total. The summed E-state index contributed by atoms with van der Waals surface area (Å²) in [6.07, 6.45) is 4.88. The summed E-state index contributed by atoms with van der Waals surface area (Å²) in [5, 5.41) is 3.00. The molecule has 154 valence electrons. The van der Waals surface area contributed by atoms with Gasteiger partial charge < -0.3 is 11.1 Å². The lowest BCUT2D eigenvalue weighted by molar-refractivity contribution is 0.0963. The SMILES string of the molecule is NC(=O)c1ccc(=O)n(-c2cnc(NC[C@]3(c4ncccc4F)C[C@H](F)C3)nc2)c1. The van der Waals surface area contributed by atoms with Crippen molar-refractivity contribution >= 4 is 11.9 Å². The largest absolute Gasteiger partial charge is 0.366 e. The second kappa shape index (κ2) is 7.62. The van der Waals surface area contributed by atoms with Gasteiger partial charge in [0.05, 0.1) is 29.3 Å². The zero-order chi connectivity index (χ0) is 21.3. The Balaban J connectivity index is 1.53. The second-order valence-electron chi connectivity index (χ2n) is 7.23. The minimum atomic E-state index is -1.01. The van der Waals surface area contributed by atoms with Crippen LogP contribution in [0.2, 0.25) is 0 Å². The van der Waals surface area contributed by atoms with E-state index in [1.54, 1.807) is 0 Å². The van der Waals surface area contributed by atoms with Gasteiger partial charge in [-0.05, 0) is 31.0 Å². The number of nitrogens with two attached hydrogens (primary N) is 1. The Morgan fingerprint density at radius 3 is 2.60 bits per heavy atom. The minimum Gasteiger partial charge on any atom is -0.366 e. The van der Waals surface area contributed by atoms with Gasteiger partial charge in [0.1, 0.15) is 12.0 Å². The maximum absolute atomic E-state index is 14.2. The highest BCUT2D eigenvalue weighted by molar-refractivity contribution is 5.92. The minimum absolute atomic E-state index is 0.154. The van der Waals surface area contributed by atoms with E-state index in [0.29, 0.717) is 5.69 Å². The van der Waals surface area contributed by atoms with Gasteiger partial charge in [0, 0.05) is 30.4 Å². The molecule has 0 unspecified atom stereocenters. The number of aromatic nitrogens is 4. The van der Waals surface area contributed by atoms with E-state index in [1.165, 1.54) is 53.6 Å². The number of halogens is 2. The lowest BCUT2D eigenvalue weighted by atomic mass is 9.65. The van der Waals surface area contributed by atoms with Crippen LogP contribution in [0, 0.1) is 5.82 Å². The van der Waals surface area contributed by atoms with Crippen molar-refractivity contribution in [2.75, 3.05) is 11.9 Å². The number of hydrogen-bond donors (Lipinski definition) is 2. The predicted octanol–water partition coefficient (Wildman–Crippen LogP) is 1.74. The van der Waals surface area contributed by atoms with Crippen molar-refractivity contribution in [2.24, 2.45) is 5.73 Å². The fraction of sp³-hybridized carbons (Fsp3) is 0.250. The zero-order valence-corrected chi connectivity index (χ0v) is 15.8. The van der Waals surface area contributed by atoms with Gasteiger partial charge in [0.25, 0.3) is 5.56 Å². The van der Waals surface area contributed by atoms with E-state index in [4.69, 9.17) is 5.73 Å².